The number of methoxy groups -OCH3 is 2. The molecule has 14 heteroatoms. The van der Waals surface area contributed by atoms with E-state index in [1.165, 1.54) is 14.2 Å². The number of rotatable bonds is 9. The lowest BCUT2D eigenvalue weighted by molar-refractivity contribution is 0.0540. The maximum Gasteiger partial charge on any atom is 0.348 e. The fourth-order valence-corrected chi connectivity index (χ4v) is 5.14. The molecule has 0 saturated carbocycles. The standard InChI is InChI=1S/C21H27Cl2N5O6S/c1-9(8-33-3)24-19(30)16-17(20(31)32)35-21(27-16)28-6-5-11(12(7-28)34-4)26-18(29)15-14(23)13(22)10(2)25-15/h9,11-12,25H,5-8H2,1-4H3,(H,24,30)(H,26,29)(H,31,32)/t9?,11-,12+/m1/s1. The average Bonchev–Trinajstić information content (AvgIpc) is 3.37. The Balaban J connectivity index is 1.73. The zero-order chi connectivity index (χ0) is 25.9. The number of carbonyl (C=O) groups is 3. The number of aryl methyl sites for hydroxylation is 1. The van der Waals surface area contributed by atoms with E-state index in [0.29, 0.717) is 35.4 Å². The predicted molar refractivity (Wildman–Crippen MR) is 132 cm³/mol. The number of piperidine rings is 1. The lowest BCUT2D eigenvalue weighted by atomic mass is 10.0. The van der Waals surface area contributed by atoms with Crippen LogP contribution in [0.3, 0.4) is 0 Å². The van der Waals surface area contributed by atoms with E-state index in [0.717, 1.165) is 11.3 Å². The average molecular weight is 548 g/mol. The summed E-state index contributed by atoms with van der Waals surface area (Å²) in [5.41, 5.74) is 0.615. The first kappa shape index (κ1) is 27.2. The fraction of sp³-hybridized carbons (Fsp3) is 0.524. The Morgan fingerprint density at radius 2 is 2.00 bits per heavy atom. The number of hydrogen-bond acceptors (Lipinski definition) is 8. The molecule has 0 bridgehead atoms. The molecule has 1 fully saturated rings. The molecular formula is C21H27Cl2N5O6S. The van der Waals surface area contributed by atoms with E-state index in [9.17, 15) is 19.5 Å². The Hall–Kier alpha value is -2.38. The van der Waals surface area contributed by atoms with Gasteiger partial charge in [-0.1, -0.05) is 34.5 Å². The first-order valence-corrected chi connectivity index (χ1v) is 12.3. The summed E-state index contributed by atoms with van der Waals surface area (Å²) < 4.78 is 10.6. The number of anilines is 1. The summed E-state index contributed by atoms with van der Waals surface area (Å²) >= 11 is 13.2. The zero-order valence-corrected chi connectivity index (χ0v) is 21.9. The number of amides is 2. The number of aromatic nitrogens is 2. The van der Waals surface area contributed by atoms with E-state index in [4.69, 9.17) is 32.7 Å². The number of nitrogens with one attached hydrogen (secondary N) is 3. The summed E-state index contributed by atoms with van der Waals surface area (Å²) in [6, 6.07) is -0.651. The highest BCUT2D eigenvalue weighted by Crippen LogP contribution is 2.31. The molecule has 0 spiro atoms. The van der Waals surface area contributed by atoms with E-state index in [1.807, 2.05) is 4.90 Å². The molecule has 4 N–H and O–H groups in total. The Morgan fingerprint density at radius 1 is 1.29 bits per heavy atom. The number of carbonyl (C=O) groups excluding carboxylic acids is 2. The van der Waals surface area contributed by atoms with Crippen molar-refractivity contribution in [3.05, 3.63) is 32.0 Å². The molecule has 1 aliphatic heterocycles. The van der Waals surface area contributed by atoms with Crippen molar-refractivity contribution < 1.29 is 29.0 Å². The normalized spacial score (nSPS) is 18.9. The molecule has 3 atom stereocenters. The SMILES string of the molecule is COCC(C)NC(=O)c1nc(N2CC[C@@H](NC(=O)c3[nH]c(C)c(Cl)c3Cl)[C@@H](OC)C2)sc1C(=O)O. The minimum absolute atomic E-state index is 0.153. The number of aromatic amines is 1. The third-order valence-electron chi connectivity index (χ3n) is 5.55. The Labute approximate surface area is 216 Å². The number of halogens is 2. The number of carboxylic acids is 1. The number of H-pyrrole nitrogens is 1. The second-order valence-corrected chi connectivity index (χ2v) is 9.88. The van der Waals surface area contributed by atoms with Gasteiger partial charge in [-0.2, -0.15) is 0 Å². The second kappa shape index (κ2) is 11.6. The Kier molecular flexibility index (Phi) is 9.00. The van der Waals surface area contributed by atoms with Crippen molar-refractivity contribution in [2.45, 2.75) is 38.5 Å². The first-order valence-electron chi connectivity index (χ1n) is 10.7. The number of nitrogens with zero attached hydrogens (tertiary/aromatic N) is 2. The van der Waals surface area contributed by atoms with Crippen LogP contribution in [0.25, 0.3) is 0 Å². The molecule has 11 nitrogen and oxygen atoms in total. The van der Waals surface area contributed by atoms with Crippen LogP contribution in [0.15, 0.2) is 0 Å². The number of hydrogen-bond donors (Lipinski definition) is 4. The van der Waals surface area contributed by atoms with Crippen molar-refractivity contribution in [2.24, 2.45) is 0 Å². The summed E-state index contributed by atoms with van der Waals surface area (Å²) in [5, 5.41) is 16.1. The maximum atomic E-state index is 12.8. The lowest BCUT2D eigenvalue weighted by Crippen LogP contribution is -2.55. The van der Waals surface area contributed by atoms with Gasteiger partial charge in [-0.25, -0.2) is 9.78 Å². The van der Waals surface area contributed by atoms with Gasteiger partial charge in [0, 0.05) is 39.0 Å². The monoisotopic (exact) mass is 547 g/mol. The van der Waals surface area contributed by atoms with Crippen LogP contribution in [0.1, 0.15) is 49.7 Å². The molecule has 0 radical (unpaired) electrons. The molecular weight excluding hydrogens is 521 g/mol. The lowest BCUT2D eigenvalue weighted by Gasteiger charge is -2.37. The molecule has 0 aromatic carbocycles. The van der Waals surface area contributed by atoms with E-state index in [1.54, 1.807) is 13.8 Å². The molecule has 1 aliphatic rings. The van der Waals surface area contributed by atoms with E-state index in [2.05, 4.69) is 20.6 Å². The largest absolute Gasteiger partial charge is 0.477 e. The second-order valence-electron chi connectivity index (χ2n) is 8.15. The van der Waals surface area contributed by atoms with Gasteiger partial charge in [0.15, 0.2) is 10.8 Å². The van der Waals surface area contributed by atoms with E-state index < -0.39 is 23.9 Å². The molecule has 3 heterocycles. The van der Waals surface area contributed by atoms with Gasteiger partial charge < -0.3 is 35.1 Å². The first-order chi connectivity index (χ1) is 16.6. The van der Waals surface area contributed by atoms with Crippen molar-refractivity contribution >= 4 is 57.5 Å². The van der Waals surface area contributed by atoms with Crippen molar-refractivity contribution in [3.63, 3.8) is 0 Å². The molecule has 192 valence electrons. The predicted octanol–water partition coefficient (Wildman–Crippen LogP) is 2.57. The minimum atomic E-state index is -1.24. The van der Waals surface area contributed by atoms with Crippen molar-refractivity contribution in [1.29, 1.82) is 0 Å². The highest BCUT2D eigenvalue weighted by atomic mass is 35.5. The van der Waals surface area contributed by atoms with Gasteiger partial charge in [-0.05, 0) is 20.3 Å². The van der Waals surface area contributed by atoms with Gasteiger partial charge in [0.2, 0.25) is 0 Å². The summed E-state index contributed by atoms with van der Waals surface area (Å²) in [5.74, 6) is -2.23. The van der Waals surface area contributed by atoms with Crippen molar-refractivity contribution in [1.82, 2.24) is 20.6 Å². The van der Waals surface area contributed by atoms with Gasteiger partial charge >= 0.3 is 5.97 Å². The number of aromatic carboxylic acids is 1. The molecule has 2 aromatic heterocycles. The van der Waals surface area contributed by atoms with Crippen LogP contribution < -0.4 is 15.5 Å². The van der Waals surface area contributed by atoms with Crippen LogP contribution >= 0.6 is 34.5 Å². The van der Waals surface area contributed by atoms with Gasteiger partial charge in [0.1, 0.15) is 10.6 Å². The third-order valence-corrected chi connectivity index (χ3v) is 7.60. The fourth-order valence-electron chi connectivity index (χ4n) is 3.79. The van der Waals surface area contributed by atoms with Crippen LogP contribution in [-0.2, 0) is 9.47 Å². The topological polar surface area (TPSA) is 146 Å². The summed E-state index contributed by atoms with van der Waals surface area (Å²) in [4.78, 5) is 46.1. The minimum Gasteiger partial charge on any atom is -0.477 e. The molecule has 0 aliphatic carbocycles. The van der Waals surface area contributed by atoms with Crippen LogP contribution in [0.2, 0.25) is 10.0 Å². The third kappa shape index (κ3) is 6.07. The molecule has 35 heavy (non-hydrogen) atoms. The molecule has 1 saturated heterocycles. The zero-order valence-electron chi connectivity index (χ0n) is 19.6. The van der Waals surface area contributed by atoms with Crippen LogP contribution in [-0.4, -0.2) is 85.0 Å². The van der Waals surface area contributed by atoms with Crippen molar-refractivity contribution in [2.75, 3.05) is 38.8 Å². The summed E-state index contributed by atoms with van der Waals surface area (Å²) in [7, 11) is 3.03. The Bertz CT molecular complexity index is 1110. The van der Waals surface area contributed by atoms with Gasteiger partial charge in [-0.15, -0.1) is 0 Å². The molecule has 3 rings (SSSR count). The number of carboxylic acid groups (broad SMARTS) is 1. The summed E-state index contributed by atoms with van der Waals surface area (Å²) in [6.45, 7) is 4.52. The maximum absolute atomic E-state index is 12.8. The van der Waals surface area contributed by atoms with Crippen LogP contribution in [0.5, 0.6) is 0 Å². The van der Waals surface area contributed by atoms with E-state index in [-0.39, 0.29) is 40.0 Å². The van der Waals surface area contributed by atoms with Gasteiger partial charge in [-0.3, -0.25) is 9.59 Å². The van der Waals surface area contributed by atoms with Crippen LogP contribution in [0, 0.1) is 6.92 Å². The van der Waals surface area contributed by atoms with Crippen molar-refractivity contribution in [3.8, 4) is 0 Å². The van der Waals surface area contributed by atoms with Gasteiger partial charge in [0.25, 0.3) is 11.8 Å². The smallest absolute Gasteiger partial charge is 0.348 e. The number of thiazole rings is 1. The quantitative estimate of drug-likeness (QED) is 0.374. The number of ether oxygens (including phenoxy) is 2. The van der Waals surface area contributed by atoms with E-state index >= 15 is 0 Å². The summed E-state index contributed by atoms with van der Waals surface area (Å²) in [6.07, 6.45) is 0.0677. The highest BCUT2D eigenvalue weighted by Gasteiger charge is 2.34. The molecule has 2 aromatic rings. The molecule has 1 unspecified atom stereocenters. The van der Waals surface area contributed by atoms with Crippen LogP contribution in [0.4, 0.5) is 5.13 Å². The van der Waals surface area contributed by atoms with Gasteiger partial charge in [0.05, 0.1) is 28.8 Å². The highest BCUT2D eigenvalue weighted by molar-refractivity contribution is 7.17. The Morgan fingerprint density at radius 3 is 2.57 bits per heavy atom. The molecule has 2 amide bonds.